The SMILES string of the molecule is CC(Cl)C(=O)NC(C)c1ccc(Cl)s1. The van der Waals surface area contributed by atoms with Crippen LogP contribution < -0.4 is 5.32 Å². The molecule has 1 N–H and O–H groups in total. The van der Waals surface area contributed by atoms with E-state index in [1.807, 2.05) is 19.1 Å². The molecule has 1 heterocycles. The smallest absolute Gasteiger partial charge is 0.238 e. The summed E-state index contributed by atoms with van der Waals surface area (Å²) in [5.74, 6) is -0.163. The highest BCUT2D eigenvalue weighted by Gasteiger charge is 2.14. The maximum Gasteiger partial charge on any atom is 0.238 e. The zero-order valence-electron chi connectivity index (χ0n) is 7.88. The Morgan fingerprint density at radius 2 is 2.14 bits per heavy atom. The minimum atomic E-state index is -0.507. The average Bonchev–Trinajstić information content (AvgIpc) is 2.51. The van der Waals surface area contributed by atoms with Crippen molar-refractivity contribution < 1.29 is 4.79 Å². The minimum absolute atomic E-state index is 0.0406. The van der Waals surface area contributed by atoms with E-state index in [1.54, 1.807) is 6.92 Å². The lowest BCUT2D eigenvalue weighted by atomic mass is 10.2. The Labute approximate surface area is 97.2 Å². The zero-order chi connectivity index (χ0) is 10.7. The van der Waals surface area contributed by atoms with Crippen molar-refractivity contribution in [1.29, 1.82) is 0 Å². The summed E-state index contributed by atoms with van der Waals surface area (Å²) in [6.45, 7) is 3.55. The molecule has 14 heavy (non-hydrogen) atoms. The lowest BCUT2D eigenvalue weighted by molar-refractivity contribution is -0.121. The van der Waals surface area contributed by atoms with Crippen LogP contribution in [0.25, 0.3) is 0 Å². The van der Waals surface area contributed by atoms with E-state index in [0.717, 1.165) is 9.21 Å². The summed E-state index contributed by atoms with van der Waals surface area (Å²) >= 11 is 12.9. The van der Waals surface area contributed by atoms with Crippen LogP contribution in [-0.4, -0.2) is 11.3 Å². The Morgan fingerprint density at radius 3 is 2.57 bits per heavy atom. The van der Waals surface area contributed by atoms with Gasteiger partial charge in [-0.3, -0.25) is 4.79 Å². The van der Waals surface area contributed by atoms with Gasteiger partial charge < -0.3 is 5.32 Å². The van der Waals surface area contributed by atoms with Gasteiger partial charge in [0.25, 0.3) is 0 Å². The van der Waals surface area contributed by atoms with Crippen molar-refractivity contribution in [3.8, 4) is 0 Å². The first-order chi connectivity index (χ1) is 6.50. The third-order valence-corrected chi connectivity index (χ3v) is 3.35. The van der Waals surface area contributed by atoms with Crippen molar-refractivity contribution in [2.24, 2.45) is 0 Å². The molecule has 5 heteroatoms. The van der Waals surface area contributed by atoms with Gasteiger partial charge in [0.15, 0.2) is 0 Å². The number of nitrogens with one attached hydrogen (secondary N) is 1. The quantitative estimate of drug-likeness (QED) is 0.822. The molecule has 1 amide bonds. The van der Waals surface area contributed by atoms with E-state index in [9.17, 15) is 4.79 Å². The minimum Gasteiger partial charge on any atom is -0.347 e. The number of hydrogen-bond acceptors (Lipinski definition) is 2. The Bertz CT molecular complexity index is 324. The van der Waals surface area contributed by atoms with E-state index >= 15 is 0 Å². The number of rotatable bonds is 3. The van der Waals surface area contributed by atoms with E-state index in [2.05, 4.69) is 5.32 Å². The van der Waals surface area contributed by atoms with Gasteiger partial charge >= 0.3 is 0 Å². The number of halogens is 2. The molecule has 1 rings (SSSR count). The molecule has 0 fully saturated rings. The first-order valence-corrected chi connectivity index (χ1v) is 5.83. The standard InChI is InChI=1S/C9H11Cl2NOS/c1-5(10)9(13)12-6(2)7-3-4-8(11)14-7/h3-6H,1-2H3,(H,12,13). The molecule has 0 saturated carbocycles. The molecule has 2 unspecified atom stereocenters. The van der Waals surface area contributed by atoms with Crippen LogP contribution in [0.15, 0.2) is 12.1 Å². The third kappa shape index (κ3) is 3.15. The Balaban J connectivity index is 2.59. The molecule has 0 saturated heterocycles. The van der Waals surface area contributed by atoms with E-state index in [-0.39, 0.29) is 11.9 Å². The Kier molecular flexibility index (Phi) is 4.23. The molecule has 0 aromatic carbocycles. The normalized spacial score (nSPS) is 14.9. The van der Waals surface area contributed by atoms with Crippen molar-refractivity contribution in [3.63, 3.8) is 0 Å². The number of carbonyl (C=O) groups is 1. The first-order valence-electron chi connectivity index (χ1n) is 4.20. The van der Waals surface area contributed by atoms with Gasteiger partial charge in [-0.25, -0.2) is 0 Å². The fraction of sp³-hybridized carbons (Fsp3) is 0.444. The molecule has 2 atom stereocenters. The van der Waals surface area contributed by atoms with Gasteiger partial charge in [0.05, 0.1) is 10.4 Å². The van der Waals surface area contributed by atoms with Gasteiger partial charge in [-0.1, -0.05) is 11.6 Å². The maximum atomic E-state index is 11.3. The van der Waals surface area contributed by atoms with Crippen LogP contribution in [0.4, 0.5) is 0 Å². The topological polar surface area (TPSA) is 29.1 Å². The second-order valence-corrected chi connectivity index (χ2v) is 5.39. The van der Waals surface area contributed by atoms with E-state index < -0.39 is 5.38 Å². The van der Waals surface area contributed by atoms with E-state index in [0.29, 0.717) is 0 Å². The van der Waals surface area contributed by atoms with Crippen molar-refractivity contribution in [2.75, 3.05) is 0 Å². The fourth-order valence-electron chi connectivity index (χ4n) is 0.960. The van der Waals surface area contributed by atoms with Crippen LogP contribution in [0.2, 0.25) is 4.34 Å². The summed E-state index contributed by atoms with van der Waals surface area (Å²) in [6, 6.07) is 3.67. The average molecular weight is 252 g/mol. The van der Waals surface area contributed by atoms with Gasteiger partial charge in [0.1, 0.15) is 5.38 Å². The van der Waals surface area contributed by atoms with Crippen molar-refractivity contribution in [2.45, 2.75) is 25.3 Å². The van der Waals surface area contributed by atoms with E-state index in [4.69, 9.17) is 23.2 Å². The third-order valence-electron chi connectivity index (χ3n) is 1.74. The molecule has 0 aliphatic rings. The van der Waals surface area contributed by atoms with Gasteiger partial charge in [-0.2, -0.15) is 0 Å². The summed E-state index contributed by atoms with van der Waals surface area (Å²) in [5, 5.41) is 2.28. The van der Waals surface area contributed by atoms with Gasteiger partial charge in [-0.15, -0.1) is 22.9 Å². The van der Waals surface area contributed by atoms with Gasteiger partial charge in [-0.05, 0) is 26.0 Å². The fourth-order valence-corrected chi connectivity index (χ4v) is 2.09. The lowest BCUT2D eigenvalue weighted by Gasteiger charge is -2.12. The molecule has 0 spiro atoms. The molecule has 0 aliphatic carbocycles. The highest BCUT2D eigenvalue weighted by molar-refractivity contribution is 7.16. The van der Waals surface area contributed by atoms with Crippen LogP contribution in [0, 0.1) is 0 Å². The molecule has 0 bridgehead atoms. The Morgan fingerprint density at radius 1 is 1.50 bits per heavy atom. The van der Waals surface area contributed by atoms with Crippen molar-refractivity contribution in [3.05, 3.63) is 21.3 Å². The molecule has 1 aromatic heterocycles. The van der Waals surface area contributed by atoms with Crippen LogP contribution >= 0.6 is 34.5 Å². The monoisotopic (exact) mass is 251 g/mol. The zero-order valence-corrected chi connectivity index (χ0v) is 10.2. The van der Waals surface area contributed by atoms with Crippen LogP contribution in [-0.2, 0) is 4.79 Å². The number of thiophene rings is 1. The first kappa shape index (κ1) is 11.8. The molecule has 0 aliphatic heterocycles. The van der Waals surface area contributed by atoms with Crippen molar-refractivity contribution in [1.82, 2.24) is 5.32 Å². The van der Waals surface area contributed by atoms with Crippen molar-refractivity contribution >= 4 is 40.4 Å². The summed E-state index contributed by atoms with van der Waals surface area (Å²) in [5.41, 5.74) is 0. The number of carbonyl (C=O) groups excluding carboxylic acids is 1. The predicted octanol–water partition coefficient (Wildman–Crippen LogP) is 3.21. The van der Waals surface area contributed by atoms with Crippen LogP contribution in [0.3, 0.4) is 0 Å². The molecular weight excluding hydrogens is 241 g/mol. The largest absolute Gasteiger partial charge is 0.347 e. The molecule has 1 aromatic rings. The van der Waals surface area contributed by atoms with E-state index in [1.165, 1.54) is 11.3 Å². The molecule has 0 radical (unpaired) electrons. The van der Waals surface area contributed by atoms with Gasteiger partial charge in [0.2, 0.25) is 5.91 Å². The van der Waals surface area contributed by atoms with Crippen LogP contribution in [0.1, 0.15) is 24.8 Å². The maximum absolute atomic E-state index is 11.3. The summed E-state index contributed by atoms with van der Waals surface area (Å²) in [6.07, 6.45) is 0. The molecular formula is C9H11Cl2NOS. The lowest BCUT2D eigenvalue weighted by Crippen LogP contribution is -2.31. The van der Waals surface area contributed by atoms with Crippen LogP contribution in [0.5, 0.6) is 0 Å². The summed E-state index contributed by atoms with van der Waals surface area (Å²) in [4.78, 5) is 12.3. The summed E-state index contributed by atoms with van der Waals surface area (Å²) in [7, 11) is 0. The highest BCUT2D eigenvalue weighted by Crippen LogP contribution is 2.26. The second-order valence-electron chi connectivity index (χ2n) is 2.99. The number of alkyl halides is 1. The van der Waals surface area contributed by atoms with Gasteiger partial charge in [0, 0.05) is 4.88 Å². The Hall–Kier alpha value is -0.250. The molecule has 78 valence electrons. The summed E-state index contributed by atoms with van der Waals surface area (Å²) < 4.78 is 0.722. The predicted molar refractivity (Wildman–Crippen MR) is 61.2 cm³/mol. The number of amides is 1. The molecule has 2 nitrogen and oxygen atoms in total. The highest BCUT2D eigenvalue weighted by atomic mass is 35.5. The second kappa shape index (κ2) is 5.01. The number of hydrogen-bond donors (Lipinski definition) is 1.